The summed E-state index contributed by atoms with van der Waals surface area (Å²) in [5.41, 5.74) is 0. The van der Waals surface area contributed by atoms with Crippen LogP contribution in [0.4, 0.5) is 0 Å². The molecule has 3 nitrogen and oxygen atoms in total. The molecule has 2 unspecified atom stereocenters. The van der Waals surface area contributed by atoms with Gasteiger partial charge in [0.2, 0.25) is 0 Å². The molecule has 1 heterocycles. The van der Waals surface area contributed by atoms with Crippen molar-refractivity contribution in [1.29, 1.82) is 0 Å². The van der Waals surface area contributed by atoms with Crippen LogP contribution in [0, 0.1) is 5.92 Å². The molecule has 1 aliphatic heterocycles. The summed E-state index contributed by atoms with van der Waals surface area (Å²) in [7, 11) is 0. The third-order valence-corrected chi connectivity index (χ3v) is 2.55. The number of likely N-dealkylation sites (tertiary alicyclic amines) is 1. The van der Waals surface area contributed by atoms with Crippen LogP contribution in [0.25, 0.3) is 0 Å². The number of carboxylic acids is 1. The van der Waals surface area contributed by atoms with E-state index in [0.717, 1.165) is 19.0 Å². The summed E-state index contributed by atoms with van der Waals surface area (Å²) in [6.07, 6.45) is 1.48. The predicted octanol–water partition coefficient (Wildman–Crippen LogP) is 1.19. The summed E-state index contributed by atoms with van der Waals surface area (Å²) in [5.74, 6) is 0.0447. The van der Waals surface area contributed by atoms with Gasteiger partial charge in [0.1, 0.15) is 0 Å². The van der Waals surface area contributed by atoms with Crippen LogP contribution in [-0.4, -0.2) is 35.1 Å². The topological polar surface area (TPSA) is 40.5 Å². The normalized spacial score (nSPS) is 27.3. The molecule has 0 aromatic carbocycles. The van der Waals surface area contributed by atoms with E-state index in [1.165, 1.54) is 6.42 Å². The van der Waals surface area contributed by atoms with Crippen molar-refractivity contribution in [3.63, 3.8) is 0 Å². The highest BCUT2D eigenvalue weighted by Crippen LogP contribution is 2.18. The molecule has 1 N–H and O–H groups in total. The monoisotopic (exact) mass is 171 g/mol. The Balaban J connectivity index is 2.32. The predicted molar refractivity (Wildman–Crippen MR) is 47.1 cm³/mol. The van der Waals surface area contributed by atoms with Crippen molar-refractivity contribution in [1.82, 2.24) is 4.90 Å². The van der Waals surface area contributed by atoms with E-state index >= 15 is 0 Å². The Kier molecular flexibility index (Phi) is 3.09. The Morgan fingerprint density at radius 3 is 2.83 bits per heavy atom. The average Bonchev–Trinajstić information content (AvgIpc) is 2.34. The van der Waals surface area contributed by atoms with Gasteiger partial charge in [-0.25, -0.2) is 0 Å². The van der Waals surface area contributed by atoms with Gasteiger partial charge in [0.25, 0.3) is 0 Å². The highest BCUT2D eigenvalue weighted by molar-refractivity contribution is 5.67. The number of hydrogen-bond donors (Lipinski definition) is 1. The van der Waals surface area contributed by atoms with Gasteiger partial charge in [-0.05, 0) is 25.8 Å². The smallest absolute Gasteiger partial charge is 0.304 e. The first kappa shape index (κ1) is 9.52. The standard InChI is InChI=1S/C9H17NO2/c1-7-3-4-10(6-7)8(2)5-9(11)12/h7-8H,3-6H2,1-2H3,(H,11,12). The van der Waals surface area contributed by atoms with E-state index in [0.29, 0.717) is 0 Å². The molecular formula is C9H17NO2. The molecule has 70 valence electrons. The van der Waals surface area contributed by atoms with Gasteiger partial charge in [-0.15, -0.1) is 0 Å². The highest BCUT2D eigenvalue weighted by Gasteiger charge is 2.24. The van der Waals surface area contributed by atoms with Gasteiger partial charge >= 0.3 is 5.97 Å². The number of aliphatic carboxylic acids is 1. The second-order valence-corrected chi connectivity index (χ2v) is 3.84. The van der Waals surface area contributed by atoms with Crippen LogP contribution in [0.3, 0.4) is 0 Å². The fourth-order valence-electron chi connectivity index (χ4n) is 1.75. The van der Waals surface area contributed by atoms with Crippen LogP contribution in [0.2, 0.25) is 0 Å². The highest BCUT2D eigenvalue weighted by atomic mass is 16.4. The quantitative estimate of drug-likeness (QED) is 0.693. The summed E-state index contributed by atoms with van der Waals surface area (Å²) in [6, 6.07) is 0.201. The fraction of sp³-hybridized carbons (Fsp3) is 0.889. The van der Waals surface area contributed by atoms with Crippen molar-refractivity contribution in [3.8, 4) is 0 Å². The molecule has 0 radical (unpaired) electrons. The Hall–Kier alpha value is -0.570. The van der Waals surface area contributed by atoms with Crippen LogP contribution >= 0.6 is 0 Å². The third kappa shape index (κ3) is 2.48. The molecule has 0 amide bonds. The van der Waals surface area contributed by atoms with Gasteiger partial charge in [0, 0.05) is 12.6 Å². The van der Waals surface area contributed by atoms with E-state index in [-0.39, 0.29) is 12.5 Å². The SMILES string of the molecule is CC1CCN(C(C)CC(=O)O)C1. The number of carbonyl (C=O) groups is 1. The molecule has 0 saturated carbocycles. The summed E-state index contributed by atoms with van der Waals surface area (Å²) in [5, 5.41) is 8.58. The molecule has 3 heteroatoms. The van der Waals surface area contributed by atoms with Gasteiger partial charge < -0.3 is 5.11 Å². The minimum Gasteiger partial charge on any atom is -0.481 e. The zero-order chi connectivity index (χ0) is 9.14. The van der Waals surface area contributed by atoms with E-state index in [2.05, 4.69) is 11.8 Å². The van der Waals surface area contributed by atoms with E-state index in [1.807, 2.05) is 6.92 Å². The van der Waals surface area contributed by atoms with Crippen molar-refractivity contribution < 1.29 is 9.90 Å². The van der Waals surface area contributed by atoms with Gasteiger partial charge in [-0.2, -0.15) is 0 Å². The molecule has 0 bridgehead atoms. The maximum Gasteiger partial charge on any atom is 0.304 e. The zero-order valence-electron chi connectivity index (χ0n) is 7.79. The van der Waals surface area contributed by atoms with Crippen molar-refractivity contribution in [2.45, 2.75) is 32.7 Å². The molecule has 0 aromatic rings. The maximum atomic E-state index is 10.4. The van der Waals surface area contributed by atoms with Crippen LogP contribution < -0.4 is 0 Å². The Labute approximate surface area is 73.4 Å². The number of hydrogen-bond acceptors (Lipinski definition) is 2. The second kappa shape index (κ2) is 3.90. The lowest BCUT2D eigenvalue weighted by atomic mass is 10.2. The van der Waals surface area contributed by atoms with Gasteiger partial charge in [-0.1, -0.05) is 6.92 Å². The van der Waals surface area contributed by atoms with E-state index in [9.17, 15) is 4.79 Å². The van der Waals surface area contributed by atoms with Crippen molar-refractivity contribution in [3.05, 3.63) is 0 Å². The molecule has 1 fully saturated rings. The van der Waals surface area contributed by atoms with Crippen LogP contribution in [0.15, 0.2) is 0 Å². The molecule has 0 aromatic heterocycles. The largest absolute Gasteiger partial charge is 0.481 e. The summed E-state index contributed by atoms with van der Waals surface area (Å²) in [6.45, 7) is 6.34. The first-order chi connectivity index (χ1) is 5.59. The molecule has 0 spiro atoms. The molecular weight excluding hydrogens is 154 g/mol. The number of rotatable bonds is 3. The molecule has 1 aliphatic rings. The summed E-state index contributed by atoms with van der Waals surface area (Å²) >= 11 is 0. The summed E-state index contributed by atoms with van der Waals surface area (Å²) in [4.78, 5) is 12.7. The average molecular weight is 171 g/mol. The van der Waals surface area contributed by atoms with E-state index < -0.39 is 5.97 Å². The van der Waals surface area contributed by atoms with Gasteiger partial charge in [-0.3, -0.25) is 9.69 Å². The Morgan fingerprint density at radius 2 is 2.42 bits per heavy atom. The van der Waals surface area contributed by atoms with Crippen molar-refractivity contribution in [2.24, 2.45) is 5.92 Å². The summed E-state index contributed by atoms with van der Waals surface area (Å²) < 4.78 is 0. The van der Waals surface area contributed by atoms with Crippen molar-refractivity contribution >= 4 is 5.97 Å². The zero-order valence-corrected chi connectivity index (χ0v) is 7.79. The number of nitrogens with zero attached hydrogens (tertiary/aromatic N) is 1. The minimum atomic E-state index is -0.693. The lowest BCUT2D eigenvalue weighted by molar-refractivity contribution is -0.138. The van der Waals surface area contributed by atoms with Crippen LogP contribution in [-0.2, 0) is 4.79 Å². The second-order valence-electron chi connectivity index (χ2n) is 3.84. The minimum absolute atomic E-state index is 0.201. The number of carboxylic acid groups (broad SMARTS) is 1. The maximum absolute atomic E-state index is 10.4. The van der Waals surface area contributed by atoms with Crippen LogP contribution in [0.5, 0.6) is 0 Å². The van der Waals surface area contributed by atoms with Crippen LogP contribution in [0.1, 0.15) is 26.7 Å². The lowest BCUT2D eigenvalue weighted by Gasteiger charge is -2.22. The Bertz CT molecular complexity index is 170. The van der Waals surface area contributed by atoms with Gasteiger partial charge in [0.05, 0.1) is 6.42 Å². The van der Waals surface area contributed by atoms with E-state index in [1.54, 1.807) is 0 Å². The lowest BCUT2D eigenvalue weighted by Crippen LogP contribution is -2.32. The molecule has 2 atom stereocenters. The molecule has 1 rings (SSSR count). The Morgan fingerprint density at radius 1 is 1.75 bits per heavy atom. The van der Waals surface area contributed by atoms with Gasteiger partial charge in [0.15, 0.2) is 0 Å². The van der Waals surface area contributed by atoms with Crippen molar-refractivity contribution in [2.75, 3.05) is 13.1 Å². The van der Waals surface area contributed by atoms with E-state index in [4.69, 9.17) is 5.11 Å². The first-order valence-corrected chi connectivity index (χ1v) is 4.55. The molecule has 0 aliphatic carbocycles. The molecule has 1 saturated heterocycles. The fourth-order valence-corrected chi connectivity index (χ4v) is 1.75. The first-order valence-electron chi connectivity index (χ1n) is 4.55. The molecule has 12 heavy (non-hydrogen) atoms. The third-order valence-electron chi connectivity index (χ3n) is 2.55.